The average Bonchev–Trinajstić information content (AvgIpc) is 3.59. The topological polar surface area (TPSA) is 16.4 Å². The van der Waals surface area contributed by atoms with E-state index in [2.05, 4.69) is 208 Å². The standard InChI is InChI=1S/C52H39NO/c1-52(2,3)38-22-30-51-49(32-38)48-31-37(21-29-50(48)54-51)36-19-25-40(26-20-36)53(39-23-17-35(18-24-39)34-11-5-4-6-12-34)41-27-28-46-44-15-8-7-13-42(44)43-14-9-10-16-45(43)47(46)33-41/h4-33H,1-3H3. The summed E-state index contributed by atoms with van der Waals surface area (Å²) in [6.45, 7) is 6.77. The molecule has 10 rings (SSSR count). The Morgan fingerprint density at radius 3 is 1.37 bits per heavy atom. The van der Waals surface area contributed by atoms with Gasteiger partial charge in [-0.1, -0.05) is 142 Å². The maximum atomic E-state index is 6.27. The number of furan rings is 1. The highest BCUT2D eigenvalue weighted by atomic mass is 16.3. The van der Waals surface area contributed by atoms with Crippen LogP contribution in [0.1, 0.15) is 26.3 Å². The molecule has 0 aliphatic carbocycles. The predicted octanol–water partition coefficient (Wildman–Crippen LogP) is 15.1. The minimum atomic E-state index is 0.0604. The van der Waals surface area contributed by atoms with E-state index in [4.69, 9.17) is 4.42 Å². The largest absolute Gasteiger partial charge is 0.456 e. The highest BCUT2D eigenvalue weighted by Gasteiger charge is 2.18. The van der Waals surface area contributed by atoms with Crippen LogP contribution in [0.4, 0.5) is 17.1 Å². The van der Waals surface area contributed by atoms with Gasteiger partial charge in [0.25, 0.3) is 0 Å². The molecule has 0 atom stereocenters. The number of nitrogens with zero attached hydrogens (tertiary/aromatic N) is 1. The minimum Gasteiger partial charge on any atom is -0.456 e. The van der Waals surface area contributed by atoms with E-state index >= 15 is 0 Å². The van der Waals surface area contributed by atoms with Crippen LogP contribution < -0.4 is 4.90 Å². The van der Waals surface area contributed by atoms with Gasteiger partial charge in [0.15, 0.2) is 0 Å². The summed E-state index contributed by atoms with van der Waals surface area (Å²) in [5.74, 6) is 0. The fourth-order valence-electron chi connectivity index (χ4n) is 8.14. The molecule has 10 aromatic rings. The van der Waals surface area contributed by atoms with Crippen molar-refractivity contribution >= 4 is 71.3 Å². The van der Waals surface area contributed by atoms with Gasteiger partial charge in [-0.25, -0.2) is 0 Å². The molecule has 0 saturated carbocycles. The van der Waals surface area contributed by atoms with Crippen LogP contribution in [0.15, 0.2) is 186 Å². The molecule has 0 radical (unpaired) electrons. The maximum Gasteiger partial charge on any atom is 0.135 e. The van der Waals surface area contributed by atoms with E-state index in [1.807, 2.05) is 0 Å². The Balaban J connectivity index is 1.10. The van der Waals surface area contributed by atoms with Gasteiger partial charge in [0.2, 0.25) is 0 Å². The summed E-state index contributed by atoms with van der Waals surface area (Å²) in [4.78, 5) is 2.38. The fraction of sp³-hybridized carbons (Fsp3) is 0.0769. The smallest absolute Gasteiger partial charge is 0.135 e. The fourth-order valence-corrected chi connectivity index (χ4v) is 8.14. The van der Waals surface area contributed by atoms with Crippen molar-refractivity contribution in [3.63, 3.8) is 0 Å². The van der Waals surface area contributed by atoms with Gasteiger partial charge in [-0.05, 0) is 126 Å². The van der Waals surface area contributed by atoms with Crippen LogP contribution >= 0.6 is 0 Å². The van der Waals surface area contributed by atoms with E-state index in [0.29, 0.717) is 0 Å². The zero-order valence-electron chi connectivity index (χ0n) is 30.7. The number of hydrogen-bond acceptors (Lipinski definition) is 2. The number of benzene rings is 9. The summed E-state index contributed by atoms with van der Waals surface area (Å²) in [5.41, 5.74) is 11.3. The summed E-state index contributed by atoms with van der Waals surface area (Å²) >= 11 is 0. The highest BCUT2D eigenvalue weighted by Crippen LogP contribution is 2.42. The molecule has 0 bridgehead atoms. The molecule has 0 N–H and O–H groups in total. The highest BCUT2D eigenvalue weighted by molar-refractivity contribution is 6.25. The molecule has 1 heterocycles. The first kappa shape index (κ1) is 32.0. The molecule has 0 amide bonds. The Bertz CT molecular complexity index is 2970. The molecule has 258 valence electrons. The van der Waals surface area contributed by atoms with Crippen molar-refractivity contribution in [1.29, 1.82) is 0 Å². The SMILES string of the molecule is CC(C)(C)c1ccc2oc3ccc(-c4ccc(N(c5ccc(-c6ccccc6)cc5)c5ccc6c7ccccc7c7ccccc7c6c5)cc4)cc3c2c1. The Kier molecular flexibility index (Phi) is 7.42. The average molecular weight is 694 g/mol. The first-order valence-electron chi connectivity index (χ1n) is 18.8. The van der Waals surface area contributed by atoms with E-state index in [1.165, 1.54) is 54.6 Å². The van der Waals surface area contributed by atoms with E-state index in [-0.39, 0.29) is 5.41 Å². The van der Waals surface area contributed by atoms with Crippen molar-refractivity contribution < 1.29 is 4.42 Å². The third kappa shape index (κ3) is 5.42. The molecule has 0 fully saturated rings. The third-order valence-electron chi connectivity index (χ3n) is 11.0. The molecule has 0 aliphatic rings. The number of fused-ring (bicyclic) bond motifs is 9. The molecule has 54 heavy (non-hydrogen) atoms. The third-order valence-corrected chi connectivity index (χ3v) is 11.0. The Morgan fingerprint density at radius 2 is 0.778 bits per heavy atom. The van der Waals surface area contributed by atoms with Gasteiger partial charge in [-0.15, -0.1) is 0 Å². The molecule has 0 spiro atoms. The van der Waals surface area contributed by atoms with Gasteiger partial charge in [0.05, 0.1) is 0 Å². The van der Waals surface area contributed by atoms with Crippen molar-refractivity contribution in [1.82, 2.24) is 0 Å². The number of rotatable bonds is 5. The lowest BCUT2D eigenvalue weighted by Crippen LogP contribution is -2.10. The van der Waals surface area contributed by atoms with Crippen LogP contribution in [-0.4, -0.2) is 0 Å². The van der Waals surface area contributed by atoms with E-state index in [9.17, 15) is 0 Å². The van der Waals surface area contributed by atoms with Crippen LogP contribution in [0, 0.1) is 0 Å². The normalized spacial score (nSPS) is 12.0. The molecule has 0 aliphatic heterocycles. The Morgan fingerprint density at radius 1 is 0.333 bits per heavy atom. The zero-order valence-corrected chi connectivity index (χ0v) is 30.7. The zero-order chi connectivity index (χ0) is 36.4. The molecule has 2 heteroatoms. The molecular weight excluding hydrogens is 655 g/mol. The van der Waals surface area contributed by atoms with Crippen molar-refractivity contribution in [2.45, 2.75) is 26.2 Å². The molecule has 9 aromatic carbocycles. The van der Waals surface area contributed by atoms with Crippen molar-refractivity contribution in [3.05, 3.63) is 188 Å². The first-order valence-corrected chi connectivity index (χ1v) is 18.8. The van der Waals surface area contributed by atoms with E-state index < -0.39 is 0 Å². The van der Waals surface area contributed by atoms with E-state index in [1.54, 1.807) is 0 Å². The van der Waals surface area contributed by atoms with Crippen LogP contribution in [0.3, 0.4) is 0 Å². The van der Waals surface area contributed by atoms with Crippen molar-refractivity contribution in [2.75, 3.05) is 4.90 Å². The van der Waals surface area contributed by atoms with Crippen LogP contribution in [0.25, 0.3) is 76.5 Å². The van der Waals surface area contributed by atoms with Gasteiger partial charge < -0.3 is 9.32 Å². The summed E-state index contributed by atoms with van der Waals surface area (Å²) in [5, 5.41) is 9.93. The summed E-state index contributed by atoms with van der Waals surface area (Å²) in [7, 11) is 0. The van der Waals surface area contributed by atoms with Gasteiger partial charge in [-0.3, -0.25) is 0 Å². The molecule has 0 saturated heterocycles. The second kappa shape index (κ2) is 12.5. The first-order chi connectivity index (χ1) is 26.4. The van der Waals surface area contributed by atoms with Gasteiger partial charge in [0, 0.05) is 27.8 Å². The Labute approximate surface area is 315 Å². The lowest BCUT2D eigenvalue weighted by atomic mass is 9.86. The van der Waals surface area contributed by atoms with Crippen LogP contribution in [0.2, 0.25) is 0 Å². The van der Waals surface area contributed by atoms with Gasteiger partial charge in [0.1, 0.15) is 11.2 Å². The van der Waals surface area contributed by atoms with Crippen molar-refractivity contribution in [3.8, 4) is 22.3 Å². The monoisotopic (exact) mass is 693 g/mol. The summed E-state index contributed by atoms with van der Waals surface area (Å²) in [6, 6.07) is 66.1. The molecule has 0 unspecified atom stereocenters. The lowest BCUT2D eigenvalue weighted by molar-refractivity contribution is 0.590. The Hall–Kier alpha value is -6.64. The van der Waals surface area contributed by atoms with Crippen LogP contribution in [0.5, 0.6) is 0 Å². The van der Waals surface area contributed by atoms with Gasteiger partial charge in [-0.2, -0.15) is 0 Å². The summed E-state index contributed by atoms with van der Waals surface area (Å²) in [6.07, 6.45) is 0. The molecule has 2 nitrogen and oxygen atoms in total. The predicted molar refractivity (Wildman–Crippen MR) is 230 cm³/mol. The van der Waals surface area contributed by atoms with Gasteiger partial charge >= 0.3 is 0 Å². The van der Waals surface area contributed by atoms with Crippen molar-refractivity contribution in [2.24, 2.45) is 0 Å². The summed E-state index contributed by atoms with van der Waals surface area (Å²) < 4.78 is 6.27. The second-order valence-electron chi connectivity index (χ2n) is 15.4. The second-order valence-corrected chi connectivity index (χ2v) is 15.4. The lowest BCUT2D eigenvalue weighted by Gasteiger charge is -2.26. The quantitative estimate of drug-likeness (QED) is 0.167. The molecule has 1 aromatic heterocycles. The molecular formula is C52H39NO. The number of anilines is 3. The van der Waals surface area contributed by atoms with E-state index in [0.717, 1.165) is 44.6 Å². The van der Waals surface area contributed by atoms with Crippen LogP contribution in [-0.2, 0) is 5.41 Å². The minimum absolute atomic E-state index is 0.0604. The maximum absolute atomic E-state index is 6.27. The number of hydrogen-bond donors (Lipinski definition) is 0.